The van der Waals surface area contributed by atoms with Gasteiger partial charge in [-0.2, -0.15) is 0 Å². The minimum Gasteiger partial charge on any atom is -0.478 e. The van der Waals surface area contributed by atoms with Gasteiger partial charge in [0, 0.05) is 18.8 Å². The molecule has 2 aliphatic rings. The second-order valence-electron chi connectivity index (χ2n) is 5.52. The molecule has 4 heteroatoms. The van der Waals surface area contributed by atoms with E-state index in [1.54, 1.807) is 12.1 Å². The lowest BCUT2D eigenvalue weighted by Crippen LogP contribution is -2.22. The Morgan fingerprint density at radius 3 is 2.61 bits per heavy atom. The highest BCUT2D eigenvalue weighted by molar-refractivity contribution is 5.88. The van der Waals surface area contributed by atoms with E-state index >= 15 is 0 Å². The third-order valence-electron chi connectivity index (χ3n) is 4.24. The number of pyridine rings is 1. The van der Waals surface area contributed by atoms with Crippen molar-refractivity contribution in [3.63, 3.8) is 0 Å². The van der Waals surface area contributed by atoms with Crippen LogP contribution in [0.3, 0.4) is 0 Å². The van der Waals surface area contributed by atoms with E-state index in [9.17, 15) is 4.79 Å². The summed E-state index contributed by atoms with van der Waals surface area (Å²) in [6, 6.07) is 3.33. The van der Waals surface area contributed by atoms with Crippen molar-refractivity contribution < 1.29 is 9.90 Å². The van der Waals surface area contributed by atoms with E-state index in [0.29, 0.717) is 5.56 Å². The van der Waals surface area contributed by atoms with Crippen LogP contribution < -0.4 is 4.90 Å². The molecule has 0 amide bonds. The predicted octanol–water partition coefficient (Wildman–Crippen LogP) is 2.32. The maximum absolute atomic E-state index is 11.1. The van der Waals surface area contributed by atoms with Crippen molar-refractivity contribution >= 4 is 11.8 Å². The molecule has 1 N–H and O–H groups in total. The van der Waals surface area contributed by atoms with Gasteiger partial charge in [0.05, 0.1) is 5.56 Å². The molecule has 2 heterocycles. The predicted molar refractivity (Wildman–Crippen MR) is 69.0 cm³/mol. The Balaban J connectivity index is 1.86. The lowest BCUT2D eigenvalue weighted by atomic mass is 10.0. The Morgan fingerprint density at radius 2 is 2.00 bits per heavy atom. The normalized spacial score (nSPS) is 26.4. The minimum absolute atomic E-state index is 0.342. The van der Waals surface area contributed by atoms with Gasteiger partial charge < -0.3 is 10.0 Å². The number of aromatic carboxylic acids is 1. The van der Waals surface area contributed by atoms with E-state index in [-0.39, 0.29) is 0 Å². The van der Waals surface area contributed by atoms with Crippen molar-refractivity contribution in [2.45, 2.75) is 26.2 Å². The van der Waals surface area contributed by atoms with Crippen LogP contribution in [0.5, 0.6) is 0 Å². The maximum Gasteiger partial charge on any atom is 0.335 e. The minimum atomic E-state index is -0.874. The van der Waals surface area contributed by atoms with E-state index in [2.05, 4.69) is 9.88 Å². The first-order valence-electron chi connectivity index (χ1n) is 6.60. The fraction of sp³-hybridized carbons (Fsp3) is 0.571. The Morgan fingerprint density at radius 1 is 1.33 bits per heavy atom. The summed E-state index contributed by atoms with van der Waals surface area (Å²) in [6.45, 7) is 3.94. The maximum atomic E-state index is 11.1. The van der Waals surface area contributed by atoms with E-state index in [4.69, 9.17) is 5.11 Å². The zero-order valence-corrected chi connectivity index (χ0v) is 10.6. The van der Waals surface area contributed by atoms with Crippen LogP contribution >= 0.6 is 0 Å². The Kier molecular flexibility index (Phi) is 2.73. The average Bonchev–Trinajstić information content (AvgIpc) is 2.87. The molecule has 96 valence electrons. The zero-order chi connectivity index (χ0) is 12.7. The number of carboxylic acids is 1. The molecule has 0 radical (unpaired) electrons. The molecule has 1 aromatic heterocycles. The number of carbonyl (C=O) groups is 1. The number of carboxylic acid groups (broad SMARTS) is 1. The number of rotatable bonds is 2. The van der Waals surface area contributed by atoms with E-state index in [0.717, 1.165) is 36.4 Å². The van der Waals surface area contributed by atoms with Gasteiger partial charge in [-0.1, -0.05) is 6.42 Å². The highest BCUT2D eigenvalue weighted by Crippen LogP contribution is 2.39. The third-order valence-corrected chi connectivity index (χ3v) is 4.24. The van der Waals surface area contributed by atoms with Crippen LogP contribution in [0.2, 0.25) is 0 Å². The number of hydrogen-bond acceptors (Lipinski definition) is 3. The molecule has 0 aromatic carbocycles. The van der Waals surface area contributed by atoms with Crippen LogP contribution in [0.25, 0.3) is 0 Å². The van der Waals surface area contributed by atoms with Gasteiger partial charge in [-0.25, -0.2) is 9.78 Å². The van der Waals surface area contributed by atoms with Gasteiger partial charge in [0.2, 0.25) is 0 Å². The molecular formula is C14H18N2O2. The first-order chi connectivity index (χ1) is 8.63. The monoisotopic (exact) mass is 246 g/mol. The molecule has 2 fully saturated rings. The van der Waals surface area contributed by atoms with Gasteiger partial charge in [0.15, 0.2) is 0 Å². The topological polar surface area (TPSA) is 53.4 Å². The number of aryl methyl sites for hydroxylation is 1. The molecular weight excluding hydrogens is 228 g/mol. The van der Waals surface area contributed by atoms with Crippen LogP contribution in [0.15, 0.2) is 12.1 Å². The summed E-state index contributed by atoms with van der Waals surface area (Å²) in [5.41, 5.74) is 1.12. The second kappa shape index (κ2) is 4.26. The van der Waals surface area contributed by atoms with Gasteiger partial charge >= 0.3 is 5.97 Å². The number of nitrogens with zero attached hydrogens (tertiary/aromatic N) is 2. The van der Waals surface area contributed by atoms with E-state index in [1.807, 2.05) is 6.92 Å². The summed E-state index contributed by atoms with van der Waals surface area (Å²) in [6.07, 6.45) is 3.99. The Labute approximate surface area is 107 Å². The van der Waals surface area contributed by atoms with Crippen LogP contribution in [0.1, 0.15) is 35.3 Å². The summed E-state index contributed by atoms with van der Waals surface area (Å²) < 4.78 is 0. The molecule has 0 spiro atoms. The number of aromatic nitrogens is 1. The van der Waals surface area contributed by atoms with Crippen molar-refractivity contribution in [2.24, 2.45) is 11.8 Å². The molecule has 2 unspecified atom stereocenters. The molecule has 1 aromatic rings. The summed E-state index contributed by atoms with van der Waals surface area (Å²) in [7, 11) is 0. The quantitative estimate of drug-likeness (QED) is 0.870. The Hall–Kier alpha value is -1.58. The molecule has 4 nitrogen and oxygen atoms in total. The van der Waals surface area contributed by atoms with Crippen LogP contribution in [0, 0.1) is 18.8 Å². The summed E-state index contributed by atoms with van der Waals surface area (Å²) >= 11 is 0. The third kappa shape index (κ3) is 1.96. The van der Waals surface area contributed by atoms with Gasteiger partial charge in [-0.05, 0) is 43.7 Å². The first kappa shape index (κ1) is 11.5. The molecule has 1 aliphatic carbocycles. The van der Waals surface area contributed by atoms with Gasteiger partial charge in [0.25, 0.3) is 0 Å². The lowest BCUT2D eigenvalue weighted by molar-refractivity contribution is 0.0696. The largest absolute Gasteiger partial charge is 0.478 e. The van der Waals surface area contributed by atoms with Crippen molar-refractivity contribution in [1.82, 2.24) is 4.98 Å². The Bertz CT molecular complexity index is 475. The zero-order valence-electron chi connectivity index (χ0n) is 10.6. The molecule has 0 bridgehead atoms. The molecule has 3 rings (SSSR count). The summed E-state index contributed by atoms with van der Waals surface area (Å²) in [4.78, 5) is 17.8. The smallest absolute Gasteiger partial charge is 0.335 e. The van der Waals surface area contributed by atoms with Crippen molar-refractivity contribution in [1.29, 1.82) is 0 Å². The number of hydrogen-bond donors (Lipinski definition) is 1. The highest BCUT2D eigenvalue weighted by atomic mass is 16.4. The lowest BCUT2D eigenvalue weighted by Gasteiger charge is -2.19. The van der Waals surface area contributed by atoms with Gasteiger partial charge in [-0.15, -0.1) is 0 Å². The molecule has 1 aliphatic heterocycles. The van der Waals surface area contributed by atoms with Gasteiger partial charge in [0.1, 0.15) is 5.82 Å². The van der Waals surface area contributed by atoms with Crippen molar-refractivity contribution in [2.75, 3.05) is 18.0 Å². The number of fused-ring (bicyclic) bond motifs is 1. The SMILES string of the molecule is Cc1cc(C(=O)O)cc(N2CC3CCCC3C2)n1. The summed E-state index contributed by atoms with van der Waals surface area (Å²) in [5.74, 6) is 1.55. The van der Waals surface area contributed by atoms with Crippen LogP contribution in [-0.2, 0) is 0 Å². The highest BCUT2D eigenvalue weighted by Gasteiger charge is 2.36. The number of anilines is 1. The van der Waals surface area contributed by atoms with Gasteiger partial charge in [-0.3, -0.25) is 0 Å². The summed E-state index contributed by atoms with van der Waals surface area (Å²) in [5, 5.41) is 9.09. The fourth-order valence-electron chi connectivity index (χ4n) is 3.36. The fourth-order valence-corrected chi connectivity index (χ4v) is 3.36. The van der Waals surface area contributed by atoms with Crippen molar-refractivity contribution in [3.05, 3.63) is 23.4 Å². The van der Waals surface area contributed by atoms with Crippen LogP contribution in [-0.4, -0.2) is 29.1 Å². The van der Waals surface area contributed by atoms with E-state index in [1.165, 1.54) is 19.3 Å². The molecule has 1 saturated carbocycles. The van der Waals surface area contributed by atoms with Crippen LogP contribution in [0.4, 0.5) is 5.82 Å². The first-order valence-corrected chi connectivity index (χ1v) is 6.60. The molecule has 1 saturated heterocycles. The molecule has 18 heavy (non-hydrogen) atoms. The van der Waals surface area contributed by atoms with E-state index < -0.39 is 5.97 Å². The average molecular weight is 246 g/mol. The standard InChI is InChI=1S/C14H18N2O2/c1-9-5-12(14(17)18)6-13(15-9)16-7-10-3-2-4-11(10)8-16/h5-6,10-11H,2-4,7-8H2,1H3,(H,17,18). The molecule has 2 atom stereocenters. The van der Waals surface area contributed by atoms with Crippen molar-refractivity contribution in [3.8, 4) is 0 Å². The second-order valence-corrected chi connectivity index (χ2v) is 5.52.